The maximum atomic E-state index is 11.7. The van der Waals surface area contributed by atoms with Crippen LogP contribution >= 0.6 is 0 Å². The molecule has 0 atom stereocenters. The number of methoxy groups -OCH3 is 1. The lowest BCUT2D eigenvalue weighted by molar-refractivity contribution is -0.123. The highest BCUT2D eigenvalue weighted by Crippen LogP contribution is 2.25. The summed E-state index contributed by atoms with van der Waals surface area (Å²) >= 11 is 0. The summed E-state index contributed by atoms with van der Waals surface area (Å²) < 4.78 is 15.9. The van der Waals surface area contributed by atoms with E-state index in [2.05, 4.69) is 10.3 Å². The van der Waals surface area contributed by atoms with E-state index in [1.165, 1.54) is 0 Å². The highest BCUT2D eigenvalue weighted by atomic mass is 16.5. The number of carbonyl (C=O) groups excluding carboxylic acids is 1. The summed E-state index contributed by atoms with van der Waals surface area (Å²) in [6.45, 7) is 3.83. The Balaban J connectivity index is 1.82. The summed E-state index contributed by atoms with van der Waals surface area (Å²) in [6, 6.07) is 7.16. The number of ether oxygens (including phenoxy) is 2. The minimum absolute atomic E-state index is 0.0982. The minimum atomic E-state index is -0.255. The van der Waals surface area contributed by atoms with E-state index >= 15 is 0 Å². The van der Waals surface area contributed by atoms with Gasteiger partial charge in [0.25, 0.3) is 5.91 Å². The molecule has 1 heterocycles. The number of oxazole rings is 1. The molecule has 2 rings (SSSR count). The molecule has 0 saturated carbocycles. The maximum Gasteiger partial charge on any atom is 0.258 e. The van der Waals surface area contributed by atoms with Crippen molar-refractivity contribution in [3.8, 4) is 11.5 Å². The van der Waals surface area contributed by atoms with Crippen LogP contribution in [0.5, 0.6) is 11.5 Å². The summed E-state index contributed by atoms with van der Waals surface area (Å²) in [5.41, 5.74) is 0.824. The predicted octanol–water partition coefficient (Wildman–Crippen LogP) is 2.00. The average molecular weight is 290 g/mol. The normalized spacial score (nSPS) is 10.2. The van der Waals surface area contributed by atoms with Crippen molar-refractivity contribution >= 4 is 5.91 Å². The first kappa shape index (κ1) is 14.9. The van der Waals surface area contributed by atoms with Crippen LogP contribution < -0.4 is 14.8 Å². The minimum Gasteiger partial charge on any atom is -0.493 e. The van der Waals surface area contributed by atoms with E-state index in [9.17, 15) is 4.79 Å². The van der Waals surface area contributed by atoms with Crippen molar-refractivity contribution < 1.29 is 18.7 Å². The van der Waals surface area contributed by atoms with Crippen LogP contribution in [0.3, 0.4) is 0 Å². The van der Waals surface area contributed by atoms with Crippen molar-refractivity contribution in [2.75, 3.05) is 13.7 Å². The van der Waals surface area contributed by atoms with Crippen LogP contribution in [-0.2, 0) is 11.3 Å². The Hall–Kier alpha value is -2.50. The smallest absolute Gasteiger partial charge is 0.258 e. The van der Waals surface area contributed by atoms with E-state index in [1.807, 2.05) is 26.0 Å². The SMILES string of the molecule is COc1ccccc1OCC(=O)NCc1nc(C)c(C)o1. The zero-order valence-corrected chi connectivity index (χ0v) is 12.3. The number of hydrogen-bond donors (Lipinski definition) is 1. The number of benzene rings is 1. The van der Waals surface area contributed by atoms with Gasteiger partial charge in [-0.05, 0) is 26.0 Å². The predicted molar refractivity (Wildman–Crippen MR) is 76.3 cm³/mol. The lowest BCUT2D eigenvalue weighted by Crippen LogP contribution is -2.28. The van der Waals surface area contributed by atoms with Crippen LogP contribution in [0.1, 0.15) is 17.3 Å². The number of aromatic nitrogens is 1. The number of amides is 1. The van der Waals surface area contributed by atoms with Gasteiger partial charge in [0.15, 0.2) is 18.1 Å². The van der Waals surface area contributed by atoms with Crippen molar-refractivity contribution in [2.45, 2.75) is 20.4 Å². The summed E-state index contributed by atoms with van der Waals surface area (Å²) in [5, 5.41) is 2.69. The van der Waals surface area contributed by atoms with Gasteiger partial charge in [0.05, 0.1) is 19.3 Å². The highest BCUT2D eigenvalue weighted by molar-refractivity contribution is 5.77. The molecule has 6 nitrogen and oxygen atoms in total. The number of rotatable bonds is 6. The van der Waals surface area contributed by atoms with Gasteiger partial charge >= 0.3 is 0 Å². The highest BCUT2D eigenvalue weighted by Gasteiger charge is 2.09. The molecule has 0 bridgehead atoms. The number of hydrogen-bond acceptors (Lipinski definition) is 5. The van der Waals surface area contributed by atoms with Gasteiger partial charge in [0.2, 0.25) is 5.89 Å². The molecule has 1 N–H and O–H groups in total. The number of nitrogens with zero attached hydrogens (tertiary/aromatic N) is 1. The van der Waals surface area contributed by atoms with Gasteiger partial charge < -0.3 is 19.2 Å². The molecule has 0 saturated heterocycles. The van der Waals surface area contributed by atoms with Crippen LogP contribution in [-0.4, -0.2) is 24.6 Å². The molecule has 1 aromatic carbocycles. The van der Waals surface area contributed by atoms with E-state index in [0.717, 1.165) is 11.5 Å². The van der Waals surface area contributed by atoms with Crippen LogP contribution in [0, 0.1) is 13.8 Å². The Morgan fingerprint density at radius 1 is 1.29 bits per heavy atom. The van der Waals surface area contributed by atoms with Gasteiger partial charge in [-0.15, -0.1) is 0 Å². The maximum absolute atomic E-state index is 11.7. The number of carbonyl (C=O) groups is 1. The molecule has 2 aromatic rings. The van der Waals surface area contributed by atoms with Crippen molar-refractivity contribution in [2.24, 2.45) is 0 Å². The Kier molecular flexibility index (Phi) is 4.81. The molecule has 0 aliphatic carbocycles. The lowest BCUT2D eigenvalue weighted by atomic mass is 10.3. The third-order valence-electron chi connectivity index (χ3n) is 2.94. The largest absolute Gasteiger partial charge is 0.493 e. The topological polar surface area (TPSA) is 73.6 Å². The lowest BCUT2D eigenvalue weighted by Gasteiger charge is -2.09. The van der Waals surface area contributed by atoms with Gasteiger partial charge in [-0.1, -0.05) is 12.1 Å². The molecule has 1 amide bonds. The zero-order chi connectivity index (χ0) is 15.2. The first-order valence-corrected chi connectivity index (χ1v) is 6.55. The summed E-state index contributed by atoms with van der Waals surface area (Å²) in [7, 11) is 1.55. The molecule has 21 heavy (non-hydrogen) atoms. The van der Waals surface area contributed by atoms with Gasteiger partial charge in [0.1, 0.15) is 5.76 Å². The summed E-state index contributed by atoms with van der Waals surface area (Å²) in [5.74, 6) is 2.09. The molecule has 0 radical (unpaired) electrons. The molecular formula is C15H18N2O4. The first-order valence-electron chi connectivity index (χ1n) is 6.55. The molecule has 0 fully saturated rings. The van der Waals surface area contributed by atoms with Gasteiger partial charge in [0, 0.05) is 0 Å². The Labute approximate surface area is 123 Å². The van der Waals surface area contributed by atoms with Crippen molar-refractivity contribution in [3.05, 3.63) is 41.6 Å². The van der Waals surface area contributed by atoms with Crippen LogP contribution in [0.2, 0.25) is 0 Å². The number of para-hydroxylation sites is 2. The fourth-order valence-electron chi connectivity index (χ4n) is 1.72. The van der Waals surface area contributed by atoms with Crippen LogP contribution in [0.15, 0.2) is 28.7 Å². The standard InChI is InChI=1S/C15H18N2O4/c1-10-11(2)21-15(17-10)8-16-14(18)9-20-13-7-5-4-6-12(13)19-3/h4-7H,8-9H2,1-3H3,(H,16,18). The summed E-state index contributed by atoms with van der Waals surface area (Å²) in [4.78, 5) is 15.9. The van der Waals surface area contributed by atoms with Crippen molar-refractivity contribution in [3.63, 3.8) is 0 Å². The second kappa shape index (κ2) is 6.78. The molecule has 6 heteroatoms. The van der Waals surface area contributed by atoms with Crippen molar-refractivity contribution in [1.82, 2.24) is 10.3 Å². The number of nitrogens with one attached hydrogen (secondary N) is 1. The molecule has 112 valence electrons. The van der Waals surface area contributed by atoms with Gasteiger partial charge in [-0.25, -0.2) is 4.98 Å². The second-order valence-electron chi connectivity index (χ2n) is 4.47. The third kappa shape index (κ3) is 3.98. The molecule has 0 unspecified atom stereocenters. The van der Waals surface area contributed by atoms with Gasteiger partial charge in [-0.2, -0.15) is 0 Å². The van der Waals surface area contributed by atoms with E-state index < -0.39 is 0 Å². The van der Waals surface area contributed by atoms with E-state index in [-0.39, 0.29) is 19.1 Å². The number of aryl methyl sites for hydroxylation is 2. The average Bonchev–Trinajstić information content (AvgIpc) is 2.82. The molecular weight excluding hydrogens is 272 g/mol. The third-order valence-corrected chi connectivity index (χ3v) is 2.94. The zero-order valence-electron chi connectivity index (χ0n) is 12.3. The Bertz CT molecular complexity index is 602. The molecule has 0 spiro atoms. The second-order valence-corrected chi connectivity index (χ2v) is 4.47. The van der Waals surface area contributed by atoms with Crippen LogP contribution in [0.25, 0.3) is 0 Å². The van der Waals surface area contributed by atoms with E-state index in [1.54, 1.807) is 19.2 Å². The van der Waals surface area contributed by atoms with E-state index in [0.29, 0.717) is 17.4 Å². The molecule has 0 aliphatic heterocycles. The Morgan fingerprint density at radius 3 is 2.62 bits per heavy atom. The Morgan fingerprint density at radius 2 is 2.00 bits per heavy atom. The van der Waals surface area contributed by atoms with E-state index in [4.69, 9.17) is 13.9 Å². The van der Waals surface area contributed by atoms with Crippen LogP contribution in [0.4, 0.5) is 0 Å². The van der Waals surface area contributed by atoms with Crippen molar-refractivity contribution in [1.29, 1.82) is 0 Å². The fraction of sp³-hybridized carbons (Fsp3) is 0.333. The fourth-order valence-corrected chi connectivity index (χ4v) is 1.72. The first-order chi connectivity index (χ1) is 10.1. The summed E-state index contributed by atoms with van der Waals surface area (Å²) in [6.07, 6.45) is 0. The molecule has 1 aromatic heterocycles. The molecule has 0 aliphatic rings. The quantitative estimate of drug-likeness (QED) is 0.880. The van der Waals surface area contributed by atoms with Gasteiger partial charge in [-0.3, -0.25) is 4.79 Å². The monoisotopic (exact) mass is 290 g/mol.